The highest BCUT2D eigenvalue weighted by atomic mass is 32.2. The van der Waals surface area contributed by atoms with Crippen LogP contribution in [0.2, 0.25) is 0 Å². The molecule has 196 valence electrons. The first-order chi connectivity index (χ1) is 18.9. The van der Waals surface area contributed by atoms with Crippen LogP contribution in [0, 0.1) is 5.92 Å². The van der Waals surface area contributed by atoms with E-state index in [0.717, 1.165) is 0 Å². The predicted octanol–water partition coefficient (Wildman–Crippen LogP) is 4.83. The third-order valence-electron chi connectivity index (χ3n) is 7.75. The number of fused-ring (bicyclic) bond motifs is 2. The van der Waals surface area contributed by atoms with Gasteiger partial charge in [-0.3, -0.25) is 9.59 Å². The predicted molar refractivity (Wildman–Crippen MR) is 147 cm³/mol. The number of ketones is 1. The number of nitrogens with one attached hydrogen (secondary N) is 1. The molecule has 8 heteroatoms. The summed E-state index contributed by atoms with van der Waals surface area (Å²) in [5.41, 5.74) is 0.196. The zero-order chi connectivity index (χ0) is 27.2. The van der Waals surface area contributed by atoms with E-state index in [1.165, 1.54) is 23.5 Å². The van der Waals surface area contributed by atoms with Gasteiger partial charge in [0.05, 0.1) is 17.9 Å². The van der Waals surface area contributed by atoms with E-state index in [2.05, 4.69) is 5.32 Å². The summed E-state index contributed by atoms with van der Waals surface area (Å²) < 4.78 is 35.7. The number of hydrogen-bond donors (Lipinski definition) is 1. The van der Waals surface area contributed by atoms with Gasteiger partial charge >= 0.3 is 0 Å². The Balaban J connectivity index is 1.68. The van der Waals surface area contributed by atoms with Crippen LogP contribution in [-0.2, 0) is 20.4 Å². The maximum Gasteiger partial charge on any atom is 0.251 e. The topological polar surface area (TPSA) is 92.8 Å². The first-order valence-corrected chi connectivity index (χ1v) is 14.1. The molecule has 2 aliphatic rings. The molecule has 1 spiro atoms. The van der Waals surface area contributed by atoms with Crippen molar-refractivity contribution in [3.8, 4) is 5.75 Å². The number of sulfonamides is 1. The fraction of sp³-hybridized carbons (Fsp3) is 0.161. The van der Waals surface area contributed by atoms with Crippen molar-refractivity contribution in [3.05, 3.63) is 126 Å². The molecule has 2 aliphatic heterocycles. The molecular weight excluding hydrogens is 512 g/mol. The van der Waals surface area contributed by atoms with Crippen LogP contribution in [0.15, 0.2) is 114 Å². The Hall–Kier alpha value is -4.27. The molecular formula is C31H26N2O5S. The molecule has 6 rings (SSSR count). The number of benzene rings is 4. The van der Waals surface area contributed by atoms with Crippen LogP contribution < -0.4 is 10.1 Å². The molecule has 1 amide bonds. The summed E-state index contributed by atoms with van der Waals surface area (Å²) in [5, 5.41) is 2.89. The van der Waals surface area contributed by atoms with Gasteiger partial charge in [0, 0.05) is 29.3 Å². The van der Waals surface area contributed by atoms with E-state index in [-0.39, 0.29) is 17.2 Å². The highest BCUT2D eigenvalue weighted by molar-refractivity contribution is 7.89. The summed E-state index contributed by atoms with van der Waals surface area (Å²) >= 11 is 0. The normalized spacial score (nSPS) is 22.4. The van der Waals surface area contributed by atoms with E-state index in [4.69, 9.17) is 4.74 Å². The lowest BCUT2D eigenvalue weighted by Crippen LogP contribution is -2.54. The molecule has 1 saturated heterocycles. The fourth-order valence-corrected chi connectivity index (χ4v) is 7.89. The van der Waals surface area contributed by atoms with Crippen LogP contribution in [0.5, 0.6) is 5.75 Å². The maximum atomic E-state index is 14.5. The average Bonchev–Trinajstić information content (AvgIpc) is 3.49. The highest BCUT2D eigenvalue weighted by Crippen LogP contribution is 2.58. The largest absolute Gasteiger partial charge is 0.496 e. The van der Waals surface area contributed by atoms with Gasteiger partial charge in [0.15, 0.2) is 11.3 Å². The first-order valence-electron chi connectivity index (χ1n) is 12.6. The number of carbonyl (C=O) groups is 2. The van der Waals surface area contributed by atoms with Gasteiger partial charge in [0.1, 0.15) is 5.75 Å². The van der Waals surface area contributed by atoms with E-state index in [1.54, 1.807) is 72.8 Å². The second-order valence-electron chi connectivity index (χ2n) is 9.67. The zero-order valence-corrected chi connectivity index (χ0v) is 22.0. The van der Waals surface area contributed by atoms with Crippen molar-refractivity contribution in [3.63, 3.8) is 0 Å². The number of Topliss-reactive ketones (excluding diaryl/α,β-unsaturated/α-hetero) is 1. The first kappa shape index (κ1) is 25.0. The number of rotatable bonds is 6. The van der Waals surface area contributed by atoms with Crippen molar-refractivity contribution in [2.24, 2.45) is 5.92 Å². The number of para-hydroxylation sites is 2. The molecule has 39 heavy (non-hydrogen) atoms. The number of anilines is 1. The monoisotopic (exact) mass is 538 g/mol. The molecule has 1 fully saturated rings. The lowest BCUT2D eigenvalue weighted by atomic mass is 9.70. The number of hydrogen-bond acceptors (Lipinski definition) is 5. The fourth-order valence-electron chi connectivity index (χ4n) is 6.11. The molecule has 3 atom stereocenters. The Bertz CT molecular complexity index is 1670. The number of methoxy groups -OCH3 is 1. The van der Waals surface area contributed by atoms with Crippen LogP contribution in [0.3, 0.4) is 0 Å². The van der Waals surface area contributed by atoms with Gasteiger partial charge in [-0.2, -0.15) is 4.31 Å². The summed E-state index contributed by atoms with van der Waals surface area (Å²) in [7, 11) is -2.70. The second-order valence-corrected chi connectivity index (χ2v) is 11.5. The lowest BCUT2D eigenvalue weighted by Gasteiger charge is -2.36. The van der Waals surface area contributed by atoms with Crippen LogP contribution >= 0.6 is 0 Å². The van der Waals surface area contributed by atoms with Gasteiger partial charge in [-0.1, -0.05) is 84.9 Å². The molecule has 3 unspecified atom stereocenters. The van der Waals surface area contributed by atoms with E-state index in [0.29, 0.717) is 28.1 Å². The van der Waals surface area contributed by atoms with Crippen molar-refractivity contribution in [2.75, 3.05) is 19.0 Å². The lowest BCUT2D eigenvalue weighted by molar-refractivity contribution is -0.125. The average molecular weight is 539 g/mol. The molecule has 4 aromatic carbocycles. The van der Waals surface area contributed by atoms with Gasteiger partial charge < -0.3 is 10.1 Å². The molecule has 1 N–H and O–H groups in total. The summed E-state index contributed by atoms with van der Waals surface area (Å²) in [4.78, 5) is 28.8. The Kier molecular flexibility index (Phi) is 6.09. The number of ether oxygens (including phenoxy) is 1. The molecule has 0 bridgehead atoms. The van der Waals surface area contributed by atoms with Crippen molar-refractivity contribution in [2.45, 2.75) is 16.4 Å². The third-order valence-corrected chi connectivity index (χ3v) is 9.64. The quantitative estimate of drug-likeness (QED) is 0.355. The Morgan fingerprint density at radius 2 is 1.49 bits per heavy atom. The van der Waals surface area contributed by atoms with E-state index < -0.39 is 33.3 Å². The summed E-state index contributed by atoms with van der Waals surface area (Å²) in [6.45, 7) is -0.0946. The summed E-state index contributed by atoms with van der Waals surface area (Å²) in [6, 6.07) is 31.0. The van der Waals surface area contributed by atoms with Gasteiger partial charge in [0.25, 0.3) is 5.91 Å². The minimum absolute atomic E-state index is 0.0492. The van der Waals surface area contributed by atoms with Gasteiger partial charge in [-0.25, -0.2) is 8.42 Å². The molecule has 0 aliphatic carbocycles. The SMILES string of the molecule is COc1ccccc1C1CN(S(=O)(=O)c2ccccc2)C2(C(=O)Nc3ccccc32)C1C(=O)c1ccccc1. The van der Waals surface area contributed by atoms with Crippen LogP contribution in [0.25, 0.3) is 0 Å². The zero-order valence-electron chi connectivity index (χ0n) is 21.2. The van der Waals surface area contributed by atoms with E-state index >= 15 is 0 Å². The Labute approximate surface area is 227 Å². The van der Waals surface area contributed by atoms with Gasteiger partial charge in [-0.15, -0.1) is 0 Å². The minimum Gasteiger partial charge on any atom is -0.496 e. The molecule has 0 radical (unpaired) electrons. The highest BCUT2D eigenvalue weighted by Gasteiger charge is 2.68. The van der Waals surface area contributed by atoms with Crippen molar-refractivity contribution >= 4 is 27.4 Å². The molecule has 0 aromatic heterocycles. The van der Waals surface area contributed by atoms with Gasteiger partial charge in [0.2, 0.25) is 10.0 Å². The Morgan fingerprint density at radius 3 is 2.21 bits per heavy atom. The van der Waals surface area contributed by atoms with Crippen molar-refractivity contribution < 1.29 is 22.7 Å². The van der Waals surface area contributed by atoms with Crippen molar-refractivity contribution in [1.82, 2.24) is 4.31 Å². The molecule has 0 saturated carbocycles. The van der Waals surface area contributed by atoms with Crippen LogP contribution in [0.4, 0.5) is 5.69 Å². The Morgan fingerprint density at radius 1 is 0.872 bits per heavy atom. The minimum atomic E-state index is -4.24. The molecule has 2 heterocycles. The standard InChI is InChI=1S/C31H26N2O5S/c1-38-27-19-11-8-16-23(27)24-20-33(39(36,37)22-14-6-3-7-15-22)31(25-17-9-10-18-26(25)32-30(31)35)28(24)29(34)21-12-4-2-5-13-21/h2-19,24,28H,20H2,1H3,(H,32,35). The third kappa shape index (κ3) is 3.71. The molecule has 7 nitrogen and oxygen atoms in total. The van der Waals surface area contributed by atoms with E-state index in [9.17, 15) is 18.0 Å². The number of carbonyl (C=O) groups excluding carboxylic acids is 2. The number of amides is 1. The van der Waals surface area contributed by atoms with Crippen LogP contribution in [0.1, 0.15) is 27.4 Å². The maximum absolute atomic E-state index is 14.5. The smallest absolute Gasteiger partial charge is 0.251 e. The summed E-state index contributed by atoms with van der Waals surface area (Å²) in [5.74, 6) is -2.09. The summed E-state index contributed by atoms with van der Waals surface area (Å²) in [6.07, 6.45) is 0. The van der Waals surface area contributed by atoms with Crippen molar-refractivity contribution in [1.29, 1.82) is 0 Å². The second kappa shape index (κ2) is 9.48. The van der Waals surface area contributed by atoms with E-state index in [1.807, 2.05) is 24.3 Å². The number of nitrogens with zero attached hydrogens (tertiary/aromatic N) is 1. The molecule has 4 aromatic rings. The van der Waals surface area contributed by atoms with Crippen LogP contribution in [-0.4, -0.2) is 38.1 Å². The van der Waals surface area contributed by atoms with Gasteiger partial charge in [-0.05, 0) is 29.8 Å².